The van der Waals surface area contributed by atoms with Crippen molar-refractivity contribution in [1.82, 2.24) is 10.4 Å². The first kappa shape index (κ1) is 23.5. The average molecular weight is 475 g/mol. The van der Waals surface area contributed by atoms with Crippen LogP contribution in [0, 0.1) is 13.8 Å². The van der Waals surface area contributed by atoms with Gasteiger partial charge < -0.3 is 4.74 Å². The maximum absolute atomic E-state index is 12.5. The molecule has 3 rings (SSSR count). The van der Waals surface area contributed by atoms with Gasteiger partial charge >= 0.3 is 0 Å². The summed E-state index contributed by atoms with van der Waals surface area (Å²) in [6.45, 7) is 3.17. The summed E-state index contributed by atoms with van der Waals surface area (Å²) in [7, 11) is -2.13. The lowest BCUT2D eigenvalue weighted by Crippen LogP contribution is -2.39. The molecule has 3 aromatic rings. The number of nitrogens with zero attached hydrogens (tertiary/aromatic N) is 3. The number of nitrogens with one attached hydrogen (secondary N) is 1. The number of hydrazone groups is 1. The Hall–Kier alpha value is -3.17. The molecule has 0 fully saturated rings. The highest BCUT2D eigenvalue weighted by molar-refractivity contribution is 7.92. The van der Waals surface area contributed by atoms with Gasteiger partial charge in [-0.15, -0.1) is 0 Å². The van der Waals surface area contributed by atoms with Crippen molar-refractivity contribution in [3.05, 3.63) is 64.3 Å². The fourth-order valence-electron chi connectivity index (χ4n) is 3.26. The molecule has 0 unspecified atom stereocenters. The van der Waals surface area contributed by atoms with Crippen LogP contribution in [-0.2, 0) is 14.8 Å². The number of para-hydroxylation sites is 1. The Kier molecular flexibility index (Phi) is 7.00. The number of hydrogen-bond donors (Lipinski definition) is 1. The Labute approximate surface area is 191 Å². The Bertz CT molecular complexity index is 1290. The first-order valence-corrected chi connectivity index (χ1v) is 11.8. The van der Waals surface area contributed by atoms with Crippen molar-refractivity contribution in [2.45, 2.75) is 13.8 Å². The molecule has 1 heterocycles. The molecule has 0 aliphatic carbocycles. The maximum Gasteiger partial charge on any atom is 0.260 e. The minimum Gasteiger partial charge on any atom is -0.497 e. The van der Waals surface area contributed by atoms with E-state index in [4.69, 9.17) is 16.3 Å². The van der Waals surface area contributed by atoms with Crippen LogP contribution in [-0.4, -0.2) is 45.4 Å². The summed E-state index contributed by atoms with van der Waals surface area (Å²) in [6.07, 6.45) is 2.42. The van der Waals surface area contributed by atoms with Gasteiger partial charge in [-0.3, -0.25) is 9.10 Å². The zero-order valence-electron chi connectivity index (χ0n) is 18.1. The number of hydrogen-bond acceptors (Lipinski definition) is 6. The second-order valence-corrected chi connectivity index (χ2v) is 9.50. The van der Waals surface area contributed by atoms with E-state index in [0.29, 0.717) is 22.5 Å². The molecule has 0 aliphatic rings. The van der Waals surface area contributed by atoms with Crippen molar-refractivity contribution in [1.29, 1.82) is 0 Å². The number of carbonyl (C=O) groups excluding carboxylic acids is 1. The number of aryl methyl sites for hydroxylation is 2. The van der Waals surface area contributed by atoms with Gasteiger partial charge in [-0.05, 0) is 43.2 Å². The summed E-state index contributed by atoms with van der Waals surface area (Å²) in [5, 5.41) is 4.95. The van der Waals surface area contributed by atoms with Crippen molar-refractivity contribution in [2.75, 3.05) is 24.2 Å². The van der Waals surface area contributed by atoms with Gasteiger partial charge in [0.05, 0.1) is 30.8 Å². The molecule has 8 nitrogen and oxygen atoms in total. The first-order valence-electron chi connectivity index (χ1n) is 9.60. The van der Waals surface area contributed by atoms with Crippen LogP contribution in [0.25, 0.3) is 10.9 Å². The van der Waals surface area contributed by atoms with Crippen LogP contribution >= 0.6 is 11.6 Å². The van der Waals surface area contributed by atoms with Gasteiger partial charge in [-0.1, -0.05) is 29.8 Å². The van der Waals surface area contributed by atoms with Crippen LogP contribution in [0.1, 0.15) is 16.7 Å². The minimum absolute atomic E-state index is 0.206. The van der Waals surface area contributed by atoms with Crippen molar-refractivity contribution < 1.29 is 17.9 Å². The average Bonchev–Trinajstić information content (AvgIpc) is 2.72. The topological polar surface area (TPSA) is 101 Å². The standard InChI is InChI=1S/C22H23ClN4O4S/c1-14-6-5-7-15(2)21(14)27(32(4,29)30)13-20(28)26-24-12-17-10-16-8-9-18(31-3)11-19(16)25-22(17)23/h5-12H,13H2,1-4H3,(H,26,28)/b24-12+. The maximum atomic E-state index is 12.5. The van der Waals surface area contributed by atoms with E-state index in [2.05, 4.69) is 15.5 Å². The van der Waals surface area contributed by atoms with E-state index in [1.165, 1.54) is 6.21 Å². The SMILES string of the molecule is COc1ccc2cc(/C=N/NC(=O)CN(c3c(C)cccc3C)S(C)(=O)=O)c(Cl)nc2c1. The normalized spacial score (nSPS) is 11.7. The van der Waals surface area contributed by atoms with Gasteiger partial charge in [-0.25, -0.2) is 18.8 Å². The summed E-state index contributed by atoms with van der Waals surface area (Å²) in [4.78, 5) is 16.8. The highest BCUT2D eigenvalue weighted by Gasteiger charge is 2.23. The third kappa shape index (κ3) is 5.35. The zero-order chi connectivity index (χ0) is 23.5. The molecular weight excluding hydrogens is 452 g/mol. The quantitative estimate of drug-likeness (QED) is 0.321. The number of amides is 1. The monoisotopic (exact) mass is 474 g/mol. The van der Waals surface area contributed by atoms with E-state index in [1.54, 1.807) is 51.3 Å². The molecule has 0 aliphatic heterocycles. The van der Waals surface area contributed by atoms with E-state index in [9.17, 15) is 13.2 Å². The summed E-state index contributed by atoms with van der Waals surface area (Å²) in [5.41, 5.74) is 5.49. The van der Waals surface area contributed by atoms with Crippen LogP contribution in [0.3, 0.4) is 0 Å². The summed E-state index contributed by atoms with van der Waals surface area (Å²) >= 11 is 6.23. The first-order chi connectivity index (χ1) is 15.1. The lowest BCUT2D eigenvalue weighted by molar-refractivity contribution is -0.119. The number of aromatic nitrogens is 1. The van der Waals surface area contributed by atoms with Crippen LogP contribution in [0.15, 0.2) is 47.6 Å². The van der Waals surface area contributed by atoms with Gasteiger partial charge in [0.25, 0.3) is 5.91 Å². The number of carbonyl (C=O) groups is 1. The van der Waals surface area contributed by atoms with Crippen LogP contribution < -0.4 is 14.5 Å². The van der Waals surface area contributed by atoms with E-state index < -0.39 is 22.5 Å². The Balaban J connectivity index is 1.77. The number of sulfonamides is 1. The molecule has 168 valence electrons. The van der Waals surface area contributed by atoms with Gasteiger partial charge in [0.1, 0.15) is 17.4 Å². The number of fused-ring (bicyclic) bond motifs is 1. The highest BCUT2D eigenvalue weighted by Crippen LogP contribution is 2.26. The van der Waals surface area contributed by atoms with E-state index in [1.807, 2.05) is 12.1 Å². The largest absolute Gasteiger partial charge is 0.497 e. The Morgan fingerprint density at radius 3 is 2.53 bits per heavy atom. The van der Waals surface area contributed by atoms with Gasteiger partial charge in [0.2, 0.25) is 10.0 Å². The molecule has 0 atom stereocenters. The number of anilines is 1. The molecule has 10 heteroatoms. The van der Waals surface area contributed by atoms with E-state index >= 15 is 0 Å². The predicted molar refractivity (Wildman–Crippen MR) is 127 cm³/mol. The van der Waals surface area contributed by atoms with Crippen molar-refractivity contribution >= 4 is 50.3 Å². The minimum atomic E-state index is -3.69. The van der Waals surface area contributed by atoms with E-state index in [0.717, 1.165) is 27.1 Å². The van der Waals surface area contributed by atoms with Crippen LogP contribution in [0.2, 0.25) is 5.15 Å². The molecule has 1 aromatic heterocycles. The molecule has 1 amide bonds. The molecule has 2 aromatic carbocycles. The number of halogens is 1. The van der Waals surface area contributed by atoms with Crippen LogP contribution in [0.5, 0.6) is 5.75 Å². The zero-order valence-corrected chi connectivity index (χ0v) is 19.7. The molecule has 32 heavy (non-hydrogen) atoms. The van der Waals surface area contributed by atoms with Gasteiger partial charge in [-0.2, -0.15) is 5.10 Å². The number of ether oxygens (including phenoxy) is 1. The lowest BCUT2D eigenvalue weighted by Gasteiger charge is -2.25. The molecule has 0 spiro atoms. The van der Waals surface area contributed by atoms with E-state index in [-0.39, 0.29) is 5.15 Å². The Morgan fingerprint density at radius 1 is 1.22 bits per heavy atom. The van der Waals surface area contributed by atoms with Crippen molar-refractivity contribution in [3.63, 3.8) is 0 Å². The summed E-state index contributed by atoms with van der Waals surface area (Å²) < 4.78 is 31.0. The summed E-state index contributed by atoms with van der Waals surface area (Å²) in [6, 6.07) is 12.6. The number of pyridine rings is 1. The van der Waals surface area contributed by atoms with Gasteiger partial charge in [0, 0.05) is 17.0 Å². The fraction of sp³-hybridized carbons (Fsp3) is 0.227. The second-order valence-electron chi connectivity index (χ2n) is 7.23. The number of methoxy groups -OCH3 is 1. The van der Waals surface area contributed by atoms with Crippen LogP contribution in [0.4, 0.5) is 5.69 Å². The molecule has 1 N–H and O–H groups in total. The van der Waals surface area contributed by atoms with Gasteiger partial charge in [0.15, 0.2) is 0 Å². The van der Waals surface area contributed by atoms with Crippen molar-refractivity contribution in [2.24, 2.45) is 5.10 Å². The molecule has 0 saturated heterocycles. The molecule has 0 saturated carbocycles. The Morgan fingerprint density at radius 2 is 1.91 bits per heavy atom. The summed E-state index contributed by atoms with van der Waals surface area (Å²) in [5.74, 6) is 0.0676. The fourth-order valence-corrected chi connectivity index (χ4v) is 4.42. The second kappa shape index (κ2) is 9.54. The number of rotatable bonds is 7. The predicted octanol–water partition coefficient (Wildman–Crippen LogP) is 3.43. The highest BCUT2D eigenvalue weighted by atomic mass is 35.5. The smallest absolute Gasteiger partial charge is 0.260 e. The molecule has 0 radical (unpaired) electrons. The third-order valence-corrected chi connectivity index (χ3v) is 6.19. The lowest BCUT2D eigenvalue weighted by atomic mass is 10.1. The molecular formula is C22H23ClN4O4S. The van der Waals surface area contributed by atoms with Crippen molar-refractivity contribution in [3.8, 4) is 5.75 Å². The third-order valence-electron chi connectivity index (χ3n) is 4.77. The number of benzene rings is 2. The molecule has 0 bridgehead atoms.